The van der Waals surface area contributed by atoms with Crippen LogP contribution < -0.4 is 10.6 Å². The maximum Gasteiger partial charge on any atom is 0.249 e. The van der Waals surface area contributed by atoms with E-state index < -0.39 is 0 Å². The fraction of sp³-hybridized carbons (Fsp3) is 0.0625. The fourth-order valence-electron chi connectivity index (χ4n) is 1.97. The van der Waals surface area contributed by atoms with E-state index in [-0.39, 0.29) is 0 Å². The number of halogens is 2. The maximum absolute atomic E-state index is 6.13. The number of rotatable bonds is 4. The summed E-state index contributed by atoms with van der Waals surface area (Å²) >= 11 is 12.1. The lowest BCUT2D eigenvalue weighted by Crippen LogP contribution is -2.03. The number of nitrogens with zero attached hydrogens (tertiary/aromatic N) is 3. The molecule has 5 nitrogen and oxygen atoms in total. The van der Waals surface area contributed by atoms with E-state index in [1.54, 1.807) is 6.07 Å². The zero-order valence-electron chi connectivity index (χ0n) is 12.2. The fourth-order valence-corrected chi connectivity index (χ4v) is 2.32. The summed E-state index contributed by atoms with van der Waals surface area (Å²) in [6.45, 7) is 1.97. The topological polar surface area (TPSA) is 62.7 Å². The normalized spacial score (nSPS) is 10.4. The highest BCUT2D eigenvalue weighted by Crippen LogP contribution is 2.25. The van der Waals surface area contributed by atoms with Crippen LogP contribution in [0.1, 0.15) is 5.56 Å². The molecule has 1 aromatic heterocycles. The standard InChI is InChI=1S/C16H13Cl2N5/c1-10-6-7-11(17)8-14(10)21-16-22-15(9-19-23-16)20-13-5-3-2-4-12(13)18/h2-9H,1H3,(H2,20,21,22,23). The van der Waals surface area contributed by atoms with Crippen LogP contribution in [-0.2, 0) is 0 Å². The van der Waals surface area contributed by atoms with E-state index in [1.807, 2.05) is 43.3 Å². The van der Waals surface area contributed by atoms with Crippen molar-refractivity contribution in [1.82, 2.24) is 15.2 Å². The molecule has 3 rings (SSSR count). The summed E-state index contributed by atoms with van der Waals surface area (Å²) in [7, 11) is 0. The summed E-state index contributed by atoms with van der Waals surface area (Å²) in [4.78, 5) is 4.38. The third kappa shape index (κ3) is 3.88. The van der Waals surface area contributed by atoms with Crippen molar-refractivity contribution in [3.05, 3.63) is 64.3 Å². The van der Waals surface area contributed by atoms with Crippen LogP contribution in [0.3, 0.4) is 0 Å². The van der Waals surface area contributed by atoms with Crippen LogP contribution in [0.25, 0.3) is 0 Å². The summed E-state index contributed by atoms with van der Waals surface area (Å²) in [5.74, 6) is 0.905. The third-order valence-corrected chi connectivity index (χ3v) is 3.71. The number of aryl methyl sites for hydroxylation is 1. The Morgan fingerprint density at radius 1 is 0.957 bits per heavy atom. The minimum Gasteiger partial charge on any atom is -0.338 e. The lowest BCUT2D eigenvalue weighted by Gasteiger charge is -2.10. The molecule has 1 heterocycles. The van der Waals surface area contributed by atoms with Gasteiger partial charge in [-0.15, -0.1) is 5.10 Å². The highest BCUT2D eigenvalue weighted by molar-refractivity contribution is 6.33. The van der Waals surface area contributed by atoms with E-state index in [0.717, 1.165) is 16.9 Å². The molecule has 0 fully saturated rings. The van der Waals surface area contributed by atoms with Crippen LogP contribution in [0.15, 0.2) is 48.7 Å². The molecule has 0 aliphatic rings. The molecule has 0 amide bonds. The molecule has 0 saturated heterocycles. The molecule has 2 aromatic carbocycles. The molecule has 2 N–H and O–H groups in total. The average molecular weight is 346 g/mol. The van der Waals surface area contributed by atoms with E-state index in [4.69, 9.17) is 23.2 Å². The van der Waals surface area contributed by atoms with E-state index in [1.165, 1.54) is 6.20 Å². The Balaban J connectivity index is 1.83. The summed E-state index contributed by atoms with van der Waals surface area (Å²) in [5, 5.41) is 15.4. The number of hydrogen-bond acceptors (Lipinski definition) is 5. The number of hydrogen-bond donors (Lipinski definition) is 2. The Labute approximate surface area is 143 Å². The number of anilines is 4. The first-order chi connectivity index (χ1) is 11.1. The molecule has 0 unspecified atom stereocenters. The van der Waals surface area contributed by atoms with Crippen molar-refractivity contribution in [3.63, 3.8) is 0 Å². The van der Waals surface area contributed by atoms with Crippen molar-refractivity contribution in [2.45, 2.75) is 6.92 Å². The van der Waals surface area contributed by atoms with Gasteiger partial charge < -0.3 is 10.6 Å². The second-order valence-corrected chi connectivity index (χ2v) is 5.70. The zero-order valence-corrected chi connectivity index (χ0v) is 13.7. The third-order valence-electron chi connectivity index (χ3n) is 3.14. The lowest BCUT2D eigenvalue weighted by atomic mass is 10.2. The van der Waals surface area contributed by atoms with Crippen LogP contribution in [-0.4, -0.2) is 15.2 Å². The number of aromatic nitrogens is 3. The molecule has 116 valence electrons. The van der Waals surface area contributed by atoms with Crippen LogP contribution in [0.5, 0.6) is 0 Å². The SMILES string of the molecule is Cc1ccc(Cl)cc1Nc1nncc(Nc2ccccc2Cl)n1. The minimum absolute atomic E-state index is 0.368. The van der Waals surface area contributed by atoms with Crippen molar-refractivity contribution in [3.8, 4) is 0 Å². The first-order valence-electron chi connectivity index (χ1n) is 6.86. The van der Waals surface area contributed by atoms with Gasteiger partial charge in [-0.05, 0) is 36.8 Å². The van der Waals surface area contributed by atoms with Gasteiger partial charge in [0.25, 0.3) is 0 Å². The number of para-hydroxylation sites is 1. The molecule has 0 spiro atoms. The molecule has 23 heavy (non-hydrogen) atoms. The van der Waals surface area contributed by atoms with E-state index in [9.17, 15) is 0 Å². The summed E-state index contributed by atoms with van der Waals surface area (Å²) in [6, 6.07) is 13.0. The second kappa shape index (κ2) is 6.81. The van der Waals surface area contributed by atoms with Gasteiger partial charge in [-0.25, -0.2) is 0 Å². The summed E-state index contributed by atoms with van der Waals surface area (Å²) in [6.07, 6.45) is 1.53. The summed E-state index contributed by atoms with van der Waals surface area (Å²) in [5.41, 5.74) is 2.61. The Morgan fingerprint density at radius 3 is 2.61 bits per heavy atom. The molecule has 0 bridgehead atoms. The van der Waals surface area contributed by atoms with Crippen LogP contribution in [0, 0.1) is 6.92 Å². The summed E-state index contributed by atoms with van der Waals surface area (Å²) < 4.78 is 0. The van der Waals surface area contributed by atoms with Crippen molar-refractivity contribution in [2.75, 3.05) is 10.6 Å². The van der Waals surface area contributed by atoms with Gasteiger partial charge >= 0.3 is 0 Å². The first-order valence-corrected chi connectivity index (χ1v) is 7.62. The zero-order chi connectivity index (χ0) is 16.2. The number of nitrogens with one attached hydrogen (secondary N) is 2. The molecule has 0 aliphatic carbocycles. The highest BCUT2D eigenvalue weighted by Gasteiger charge is 2.06. The smallest absolute Gasteiger partial charge is 0.249 e. The molecule has 0 radical (unpaired) electrons. The Bertz CT molecular complexity index is 838. The predicted molar refractivity (Wildman–Crippen MR) is 94.0 cm³/mol. The molecule has 3 aromatic rings. The minimum atomic E-state index is 0.368. The molecule has 0 aliphatic heterocycles. The molecular weight excluding hydrogens is 333 g/mol. The van der Waals surface area contributed by atoms with Gasteiger partial charge in [-0.3, -0.25) is 0 Å². The van der Waals surface area contributed by atoms with Crippen molar-refractivity contribution >= 4 is 46.3 Å². The van der Waals surface area contributed by atoms with Gasteiger partial charge in [0.1, 0.15) is 0 Å². The Morgan fingerprint density at radius 2 is 1.78 bits per heavy atom. The largest absolute Gasteiger partial charge is 0.338 e. The van der Waals surface area contributed by atoms with Gasteiger partial charge in [0.05, 0.1) is 16.9 Å². The Hall–Kier alpha value is -2.37. The van der Waals surface area contributed by atoms with Crippen LogP contribution >= 0.6 is 23.2 Å². The Kier molecular flexibility index (Phi) is 4.60. The van der Waals surface area contributed by atoms with Gasteiger partial charge in [0.15, 0.2) is 5.82 Å². The van der Waals surface area contributed by atoms with Crippen LogP contribution in [0.2, 0.25) is 10.0 Å². The number of benzene rings is 2. The molecule has 7 heteroatoms. The van der Waals surface area contributed by atoms with E-state index in [0.29, 0.717) is 21.8 Å². The van der Waals surface area contributed by atoms with Crippen LogP contribution in [0.4, 0.5) is 23.1 Å². The molecular formula is C16H13Cl2N5. The van der Waals surface area contributed by atoms with E-state index in [2.05, 4.69) is 25.8 Å². The average Bonchev–Trinajstić information content (AvgIpc) is 2.54. The van der Waals surface area contributed by atoms with Gasteiger partial charge in [-0.1, -0.05) is 41.4 Å². The van der Waals surface area contributed by atoms with E-state index >= 15 is 0 Å². The highest BCUT2D eigenvalue weighted by atomic mass is 35.5. The maximum atomic E-state index is 6.13. The molecule has 0 atom stereocenters. The second-order valence-electron chi connectivity index (χ2n) is 4.85. The lowest BCUT2D eigenvalue weighted by molar-refractivity contribution is 0.982. The first kappa shape index (κ1) is 15.5. The van der Waals surface area contributed by atoms with Crippen molar-refractivity contribution in [1.29, 1.82) is 0 Å². The predicted octanol–water partition coefficient (Wildman–Crippen LogP) is 4.97. The quantitative estimate of drug-likeness (QED) is 0.698. The van der Waals surface area contributed by atoms with Crippen molar-refractivity contribution in [2.24, 2.45) is 0 Å². The van der Waals surface area contributed by atoms with Gasteiger partial charge in [-0.2, -0.15) is 10.1 Å². The van der Waals surface area contributed by atoms with Crippen molar-refractivity contribution < 1.29 is 0 Å². The monoisotopic (exact) mass is 345 g/mol. The molecule has 0 saturated carbocycles. The van der Waals surface area contributed by atoms with Gasteiger partial charge in [0.2, 0.25) is 5.95 Å². The van der Waals surface area contributed by atoms with Gasteiger partial charge in [0, 0.05) is 10.7 Å².